The highest BCUT2D eigenvalue weighted by Gasteiger charge is 2.20. The van der Waals surface area contributed by atoms with Crippen molar-refractivity contribution in [1.29, 1.82) is 0 Å². The number of halogens is 1. The van der Waals surface area contributed by atoms with Gasteiger partial charge < -0.3 is 14.0 Å². The van der Waals surface area contributed by atoms with Crippen molar-refractivity contribution in [1.82, 2.24) is 4.57 Å². The van der Waals surface area contributed by atoms with E-state index in [0.717, 1.165) is 0 Å². The lowest BCUT2D eigenvalue weighted by molar-refractivity contribution is 0.297. The Balaban J connectivity index is 1.66. The van der Waals surface area contributed by atoms with E-state index < -0.39 is 15.8 Å². The fraction of sp³-hybridized carbons (Fsp3) is 0.158. The van der Waals surface area contributed by atoms with Crippen LogP contribution in [0.5, 0.6) is 11.5 Å². The van der Waals surface area contributed by atoms with E-state index in [2.05, 4.69) is 4.72 Å². The van der Waals surface area contributed by atoms with Crippen LogP contribution in [0.25, 0.3) is 5.69 Å². The number of hydrogen-bond acceptors (Lipinski definition) is 4. The molecule has 0 fully saturated rings. The molecule has 0 saturated carbocycles. The van der Waals surface area contributed by atoms with Gasteiger partial charge in [-0.3, -0.25) is 4.72 Å². The Hall–Kier alpha value is -3.00. The third-order valence-electron chi connectivity index (χ3n) is 4.13. The van der Waals surface area contributed by atoms with E-state index in [0.29, 0.717) is 36.8 Å². The Morgan fingerprint density at radius 1 is 0.963 bits per heavy atom. The van der Waals surface area contributed by atoms with Gasteiger partial charge in [0, 0.05) is 30.6 Å². The molecule has 3 aromatic rings. The summed E-state index contributed by atoms with van der Waals surface area (Å²) < 4.78 is 54.8. The van der Waals surface area contributed by atoms with E-state index in [1.807, 2.05) is 12.1 Å². The first-order valence-corrected chi connectivity index (χ1v) is 9.87. The van der Waals surface area contributed by atoms with E-state index in [4.69, 9.17) is 9.47 Å². The van der Waals surface area contributed by atoms with Crippen molar-refractivity contribution < 1.29 is 22.3 Å². The van der Waals surface area contributed by atoms with Gasteiger partial charge in [-0.05, 0) is 42.5 Å². The smallest absolute Gasteiger partial charge is 0.262 e. The second kappa shape index (κ2) is 6.96. The van der Waals surface area contributed by atoms with Gasteiger partial charge in [-0.15, -0.1) is 0 Å². The number of rotatable bonds is 4. The Kier molecular flexibility index (Phi) is 4.49. The molecule has 0 spiro atoms. The van der Waals surface area contributed by atoms with E-state index in [-0.39, 0.29) is 10.6 Å². The molecule has 0 aliphatic carbocycles. The summed E-state index contributed by atoms with van der Waals surface area (Å²) in [6, 6.07) is 12.2. The Labute approximate surface area is 156 Å². The standard InChI is InChI=1S/C19H17FN2O4S/c20-16-6-4-14(22-8-1-2-9-22)12-17(16)21-27(23,24)15-5-7-18-19(13-15)26-11-3-10-25-18/h1-2,4-9,12-13,21H,3,10-11H2. The summed E-state index contributed by atoms with van der Waals surface area (Å²) in [5.74, 6) is 0.188. The third-order valence-corrected chi connectivity index (χ3v) is 5.49. The van der Waals surface area contributed by atoms with Gasteiger partial charge in [0.05, 0.1) is 23.8 Å². The summed E-state index contributed by atoms with van der Waals surface area (Å²) in [5, 5.41) is 0. The van der Waals surface area contributed by atoms with Crippen molar-refractivity contribution in [2.45, 2.75) is 11.3 Å². The first-order valence-electron chi connectivity index (χ1n) is 8.38. The molecule has 0 unspecified atom stereocenters. The maximum atomic E-state index is 14.2. The largest absolute Gasteiger partial charge is 0.490 e. The lowest BCUT2D eigenvalue weighted by Gasteiger charge is -2.13. The molecule has 6 nitrogen and oxygen atoms in total. The number of aromatic nitrogens is 1. The molecular formula is C19H17FN2O4S. The van der Waals surface area contributed by atoms with Crippen molar-refractivity contribution in [3.05, 3.63) is 66.7 Å². The summed E-state index contributed by atoms with van der Waals surface area (Å²) in [4.78, 5) is -0.0301. The molecule has 0 atom stereocenters. The Morgan fingerprint density at radius 2 is 1.70 bits per heavy atom. The molecule has 27 heavy (non-hydrogen) atoms. The number of nitrogens with zero attached hydrogens (tertiary/aromatic N) is 1. The van der Waals surface area contributed by atoms with Crippen LogP contribution >= 0.6 is 0 Å². The van der Waals surface area contributed by atoms with Crippen LogP contribution in [0.2, 0.25) is 0 Å². The molecule has 2 aromatic carbocycles. The van der Waals surface area contributed by atoms with Gasteiger partial charge in [0.1, 0.15) is 5.82 Å². The minimum Gasteiger partial charge on any atom is -0.490 e. The van der Waals surface area contributed by atoms with Crippen LogP contribution in [0, 0.1) is 5.82 Å². The molecule has 1 aliphatic heterocycles. The first-order chi connectivity index (χ1) is 13.0. The minimum absolute atomic E-state index is 0.0301. The summed E-state index contributed by atoms with van der Waals surface area (Å²) in [5.41, 5.74) is 0.506. The van der Waals surface area contributed by atoms with Gasteiger partial charge in [0.15, 0.2) is 11.5 Å². The fourth-order valence-corrected chi connectivity index (χ4v) is 3.85. The molecule has 2 heterocycles. The molecule has 1 aromatic heterocycles. The molecule has 0 saturated heterocycles. The maximum absolute atomic E-state index is 14.2. The SMILES string of the molecule is O=S(=O)(Nc1cc(-n2cccc2)ccc1F)c1ccc2c(c1)OCCCO2. The predicted molar refractivity (Wildman–Crippen MR) is 98.6 cm³/mol. The van der Waals surface area contributed by atoms with Crippen LogP contribution in [0.4, 0.5) is 10.1 Å². The van der Waals surface area contributed by atoms with Gasteiger partial charge in [0.25, 0.3) is 10.0 Å². The van der Waals surface area contributed by atoms with Crippen molar-refractivity contribution in [2.24, 2.45) is 0 Å². The van der Waals surface area contributed by atoms with Crippen molar-refractivity contribution in [3.63, 3.8) is 0 Å². The quantitative estimate of drug-likeness (QED) is 0.742. The zero-order chi connectivity index (χ0) is 18.9. The average molecular weight is 388 g/mol. The van der Waals surface area contributed by atoms with Crippen LogP contribution < -0.4 is 14.2 Å². The summed E-state index contributed by atoms with van der Waals surface area (Å²) >= 11 is 0. The predicted octanol–water partition coefficient (Wildman–Crippen LogP) is 3.58. The number of anilines is 1. The fourth-order valence-electron chi connectivity index (χ4n) is 2.77. The van der Waals surface area contributed by atoms with Crippen LogP contribution in [-0.2, 0) is 10.0 Å². The van der Waals surface area contributed by atoms with Crippen LogP contribution in [-0.4, -0.2) is 26.2 Å². The van der Waals surface area contributed by atoms with E-state index in [9.17, 15) is 12.8 Å². The zero-order valence-corrected chi connectivity index (χ0v) is 15.1. The van der Waals surface area contributed by atoms with E-state index in [1.54, 1.807) is 29.1 Å². The van der Waals surface area contributed by atoms with E-state index in [1.165, 1.54) is 24.3 Å². The number of sulfonamides is 1. The van der Waals surface area contributed by atoms with Crippen molar-refractivity contribution >= 4 is 15.7 Å². The van der Waals surface area contributed by atoms with Crippen LogP contribution in [0.1, 0.15) is 6.42 Å². The second-order valence-corrected chi connectivity index (χ2v) is 7.70. The highest BCUT2D eigenvalue weighted by atomic mass is 32.2. The first kappa shape index (κ1) is 17.4. The monoisotopic (exact) mass is 388 g/mol. The number of fused-ring (bicyclic) bond motifs is 1. The molecular weight excluding hydrogens is 371 g/mol. The highest BCUT2D eigenvalue weighted by Crippen LogP contribution is 2.32. The van der Waals surface area contributed by atoms with Gasteiger partial charge in [-0.1, -0.05) is 0 Å². The van der Waals surface area contributed by atoms with Crippen molar-refractivity contribution in [3.8, 4) is 17.2 Å². The lowest BCUT2D eigenvalue weighted by Crippen LogP contribution is -2.14. The molecule has 1 N–H and O–H groups in total. The Bertz CT molecular complexity index is 1070. The average Bonchev–Trinajstić information content (AvgIpc) is 3.08. The third kappa shape index (κ3) is 3.61. The minimum atomic E-state index is -4.00. The van der Waals surface area contributed by atoms with E-state index >= 15 is 0 Å². The molecule has 8 heteroatoms. The van der Waals surface area contributed by atoms with Gasteiger partial charge in [0.2, 0.25) is 0 Å². The van der Waals surface area contributed by atoms with Gasteiger partial charge >= 0.3 is 0 Å². The number of ether oxygens (including phenoxy) is 2. The topological polar surface area (TPSA) is 69.6 Å². The highest BCUT2D eigenvalue weighted by molar-refractivity contribution is 7.92. The Morgan fingerprint density at radius 3 is 2.48 bits per heavy atom. The summed E-state index contributed by atoms with van der Waals surface area (Å²) in [6.07, 6.45) is 4.29. The van der Waals surface area contributed by atoms with Gasteiger partial charge in [-0.2, -0.15) is 0 Å². The van der Waals surface area contributed by atoms with Crippen LogP contribution in [0.15, 0.2) is 65.8 Å². The molecule has 0 bridgehead atoms. The lowest BCUT2D eigenvalue weighted by atomic mass is 10.2. The number of hydrogen-bond donors (Lipinski definition) is 1. The second-order valence-electron chi connectivity index (χ2n) is 6.02. The molecule has 4 rings (SSSR count). The maximum Gasteiger partial charge on any atom is 0.262 e. The zero-order valence-electron chi connectivity index (χ0n) is 14.3. The molecule has 0 amide bonds. The number of benzene rings is 2. The normalized spacial score (nSPS) is 13.8. The number of nitrogens with one attached hydrogen (secondary N) is 1. The summed E-state index contributed by atoms with van der Waals surface area (Å²) in [6.45, 7) is 0.951. The molecule has 140 valence electrons. The molecule has 1 aliphatic rings. The van der Waals surface area contributed by atoms with Crippen molar-refractivity contribution in [2.75, 3.05) is 17.9 Å². The summed E-state index contributed by atoms with van der Waals surface area (Å²) in [7, 11) is -4.00. The van der Waals surface area contributed by atoms with Gasteiger partial charge in [-0.25, -0.2) is 12.8 Å². The van der Waals surface area contributed by atoms with Crippen LogP contribution in [0.3, 0.4) is 0 Å². The molecule has 0 radical (unpaired) electrons.